The molecule has 6 nitrogen and oxygen atoms in total. The smallest absolute Gasteiger partial charge is 0.339 e. The van der Waals surface area contributed by atoms with Gasteiger partial charge in [0.05, 0.1) is 17.6 Å². The SMILES string of the molecule is COC(=O)c1ccc(N)cc1S(=O)(=O)N(C)C1CC1. The summed E-state index contributed by atoms with van der Waals surface area (Å²) in [5.41, 5.74) is 5.91. The molecule has 2 N–H and O–H groups in total. The molecule has 1 fully saturated rings. The first-order valence-corrected chi connectivity index (χ1v) is 7.28. The van der Waals surface area contributed by atoms with Gasteiger partial charge in [-0.1, -0.05) is 0 Å². The van der Waals surface area contributed by atoms with E-state index in [9.17, 15) is 13.2 Å². The number of nitrogen functional groups attached to an aromatic ring is 1. The van der Waals surface area contributed by atoms with E-state index in [-0.39, 0.29) is 22.2 Å². The van der Waals surface area contributed by atoms with E-state index in [1.807, 2.05) is 0 Å². The van der Waals surface area contributed by atoms with E-state index in [2.05, 4.69) is 4.74 Å². The predicted molar refractivity (Wildman–Crippen MR) is 70.2 cm³/mol. The predicted octanol–water partition coefficient (Wildman–Crippen LogP) is 0.838. The number of carbonyl (C=O) groups is 1. The highest BCUT2D eigenvalue weighted by Crippen LogP contribution is 2.32. The summed E-state index contributed by atoms with van der Waals surface area (Å²) in [5.74, 6) is -0.692. The van der Waals surface area contributed by atoms with Crippen molar-refractivity contribution in [3.63, 3.8) is 0 Å². The van der Waals surface area contributed by atoms with Gasteiger partial charge in [0.15, 0.2) is 0 Å². The summed E-state index contributed by atoms with van der Waals surface area (Å²) < 4.78 is 30.8. The van der Waals surface area contributed by atoms with Gasteiger partial charge >= 0.3 is 5.97 Å². The maximum Gasteiger partial charge on any atom is 0.339 e. The fraction of sp³-hybridized carbons (Fsp3) is 0.417. The van der Waals surface area contributed by atoms with Crippen molar-refractivity contribution in [1.82, 2.24) is 4.31 Å². The van der Waals surface area contributed by atoms with E-state index in [4.69, 9.17) is 5.73 Å². The van der Waals surface area contributed by atoms with Crippen LogP contribution >= 0.6 is 0 Å². The number of hydrogen-bond acceptors (Lipinski definition) is 5. The Labute approximate surface area is 112 Å². The molecule has 0 aliphatic heterocycles. The molecule has 0 unspecified atom stereocenters. The number of sulfonamides is 1. The van der Waals surface area contributed by atoms with Crippen molar-refractivity contribution >= 4 is 21.7 Å². The summed E-state index contributed by atoms with van der Waals surface area (Å²) in [7, 11) is -1.01. The summed E-state index contributed by atoms with van der Waals surface area (Å²) >= 11 is 0. The van der Waals surface area contributed by atoms with Gasteiger partial charge in [0.2, 0.25) is 10.0 Å². The van der Waals surface area contributed by atoms with Crippen LogP contribution in [0.25, 0.3) is 0 Å². The average Bonchev–Trinajstić information content (AvgIpc) is 3.21. The molecule has 1 aromatic carbocycles. The van der Waals surface area contributed by atoms with Gasteiger partial charge < -0.3 is 10.5 Å². The highest BCUT2D eigenvalue weighted by Gasteiger charge is 2.37. The number of esters is 1. The zero-order chi connectivity index (χ0) is 14.2. The fourth-order valence-corrected chi connectivity index (χ4v) is 3.45. The van der Waals surface area contributed by atoms with Crippen LogP contribution in [0.15, 0.2) is 23.1 Å². The first kappa shape index (κ1) is 13.8. The number of benzene rings is 1. The molecule has 1 aromatic rings. The van der Waals surface area contributed by atoms with Crippen LogP contribution in [0.5, 0.6) is 0 Å². The van der Waals surface area contributed by atoms with Crippen molar-refractivity contribution in [2.75, 3.05) is 19.9 Å². The summed E-state index contributed by atoms with van der Waals surface area (Å²) in [6, 6.07) is 4.15. The number of rotatable bonds is 4. The van der Waals surface area contributed by atoms with Crippen LogP contribution < -0.4 is 5.73 Å². The van der Waals surface area contributed by atoms with Gasteiger partial charge in [-0.05, 0) is 31.0 Å². The Bertz CT molecular complexity index is 608. The highest BCUT2D eigenvalue weighted by molar-refractivity contribution is 7.89. The van der Waals surface area contributed by atoms with Crippen molar-refractivity contribution in [3.05, 3.63) is 23.8 Å². The van der Waals surface area contributed by atoms with Crippen LogP contribution in [0, 0.1) is 0 Å². The fourth-order valence-electron chi connectivity index (χ4n) is 1.82. The van der Waals surface area contributed by atoms with E-state index < -0.39 is 16.0 Å². The summed E-state index contributed by atoms with van der Waals surface area (Å²) in [6.07, 6.45) is 1.68. The Balaban J connectivity index is 2.53. The third-order valence-electron chi connectivity index (χ3n) is 3.13. The Kier molecular flexibility index (Phi) is 3.51. The Morgan fingerprint density at radius 2 is 2.05 bits per heavy atom. The molecule has 2 rings (SSSR count). The molecule has 104 valence electrons. The molecule has 0 spiro atoms. The second-order valence-corrected chi connectivity index (χ2v) is 6.47. The van der Waals surface area contributed by atoms with Crippen molar-refractivity contribution in [2.24, 2.45) is 0 Å². The number of methoxy groups -OCH3 is 1. The zero-order valence-electron chi connectivity index (χ0n) is 10.8. The first-order chi connectivity index (χ1) is 8.87. The molecular formula is C12H16N2O4S. The number of anilines is 1. The molecule has 0 heterocycles. The minimum atomic E-state index is -3.73. The lowest BCUT2D eigenvalue weighted by molar-refractivity contribution is 0.0596. The molecular weight excluding hydrogens is 268 g/mol. The van der Waals surface area contributed by atoms with E-state index >= 15 is 0 Å². The third-order valence-corrected chi connectivity index (χ3v) is 5.08. The lowest BCUT2D eigenvalue weighted by Crippen LogP contribution is -2.30. The normalized spacial score (nSPS) is 15.5. The minimum absolute atomic E-state index is 0.00389. The molecule has 0 aromatic heterocycles. The number of nitrogens with zero attached hydrogens (tertiary/aromatic N) is 1. The molecule has 0 radical (unpaired) electrons. The van der Waals surface area contributed by atoms with Crippen LogP contribution in [-0.2, 0) is 14.8 Å². The van der Waals surface area contributed by atoms with Crippen LogP contribution in [-0.4, -0.2) is 38.9 Å². The van der Waals surface area contributed by atoms with Crippen LogP contribution in [0.1, 0.15) is 23.2 Å². The molecule has 1 aliphatic carbocycles. The quantitative estimate of drug-likeness (QED) is 0.653. The molecule has 0 saturated heterocycles. The van der Waals surface area contributed by atoms with Crippen molar-refractivity contribution < 1.29 is 17.9 Å². The van der Waals surface area contributed by atoms with E-state index in [0.29, 0.717) is 0 Å². The van der Waals surface area contributed by atoms with Gasteiger partial charge in [-0.15, -0.1) is 0 Å². The maximum absolute atomic E-state index is 12.5. The van der Waals surface area contributed by atoms with E-state index in [0.717, 1.165) is 12.8 Å². The largest absolute Gasteiger partial charge is 0.465 e. The zero-order valence-corrected chi connectivity index (χ0v) is 11.6. The second kappa shape index (κ2) is 4.82. The summed E-state index contributed by atoms with van der Waals surface area (Å²) in [6.45, 7) is 0. The van der Waals surface area contributed by atoms with Gasteiger partial charge in [-0.2, -0.15) is 4.31 Å². The third kappa shape index (κ3) is 2.57. The number of nitrogens with two attached hydrogens (primary N) is 1. The van der Waals surface area contributed by atoms with E-state index in [1.165, 1.54) is 36.7 Å². The van der Waals surface area contributed by atoms with Gasteiger partial charge in [-0.3, -0.25) is 0 Å². The Morgan fingerprint density at radius 3 is 2.58 bits per heavy atom. The van der Waals surface area contributed by atoms with Crippen molar-refractivity contribution in [2.45, 2.75) is 23.8 Å². The lowest BCUT2D eigenvalue weighted by Gasteiger charge is -2.18. The molecule has 19 heavy (non-hydrogen) atoms. The number of ether oxygens (including phenoxy) is 1. The second-order valence-electron chi connectivity index (χ2n) is 4.50. The number of hydrogen-bond donors (Lipinski definition) is 1. The number of carbonyl (C=O) groups excluding carboxylic acids is 1. The lowest BCUT2D eigenvalue weighted by atomic mass is 10.2. The van der Waals surface area contributed by atoms with Crippen molar-refractivity contribution in [3.8, 4) is 0 Å². The molecule has 7 heteroatoms. The van der Waals surface area contributed by atoms with Crippen LogP contribution in [0.2, 0.25) is 0 Å². The average molecular weight is 284 g/mol. The van der Waals surface area contributed by atoms with Gasteiger partial charge in [-0.25, -0.2) is 13.2 Å². The van der Waals surface area contributed by atoms with Crippen molar-refractivity contribution in [1.29, 1.82) is 0 Å². The Morgan fingerprint density at radius 1 is 1.42 bits per heavy atom. The molecule has 0 bridgehead atoms. The highest BCUT2D eigenvalue weighted by atomic mass is 32.2. The van der Waals surface area contributed by atoms with E-state index in [1.54, 1.807) is 0 Å². The summed E-state index contributed by atoms with van der Waals surface area (Å²) in [4.78, 5) is 11.6. The topological polar surface area (TPSA) is 89.7 Å². The molecule has 1 saturated carbocycles. The minimum Gasteiger partial charge on any atom is -0.465 e. The first-order valence-electron chi connectivity index (χ1n) is 5.84. The van der Waals surface area contributed by atoms with Crippen LogP contribution in [0.4, 0.5) is 5.69 Å². The molecule has 0 amide bonds. The standard InChI is InChI=1S/C12H16N2O4S/c1-14(9-4-5-9)19(16,17)11-7-8(13)3-6-10(11)12(15)18-2/h3,6-7,9H,4-5,13H2,1-2H3. The molecule has 0 atom stereocenters. The van der Waals surface area contributed by atoms with Crippen LogP contribution in [0.3, 0.4) is 0 Å². The monoisotopic (exact) mass is 284 g/mol. The Hall–Kier alpha value is -1.60. The van der Waals surface area contributed by atoms with Gasteiger partial charge in [0.25, 0.3) is 0 Å². The van der Waals surface area contributed by atoms with Gasteiger partial charge in [0, 0.05) is 18.8 Å². The summed E-state index contributed by atoms with van der Waals surface area (Å²) in [5, 5.41) is 0. The van der Waals surface area contributed by atoms with Gasteiger partial charge in [0.1, 0.15) is 0 Å². The molecule has 1 aliphatic rings. The maximum atomic E-state index is 12.5.